The van der Waals surface area contributed by atoms with Gasteiger partial charge in [0.15, 0.2) is 37.7 Å². The Morgan fingerprint density at radius 3 is 1.23 bits per heavy atom. The van der Waals surface area contributed by atoms with Crippen LogP contribution in [0, 0.1) is 0 Å². The van der Waals surface area contributed by atoms with E-state index in [4.69, 9.17) is 56.8 Å². The molecule has 30 atom stereocenters. The standard InChI is InChI=1S/C51H86O28/c1-19(11-9-13-21(3)17-69-51-45(79-49-42(67)37(62)31(56)25(7)74-49)43(33(58)26(16-52)75-51)77-47-40(65)35(60)29(54)23(5)72-47)10-8-12-20(2)14-15-68-50-44(78-48-41(66)36(61)30(55)24(6)73-48)38(63)32(57)27(76-50)18-70-46-39(64)34(59)28(53)22(4)71-46/h10,13-14,22-67H,8-9,11-12,15-18H2,1-7H3/b19-10+,20-14+,21-13+/t22-,23-,24-,25-,26+,27+,28-,29-,30-,31-,32+,33+,34+,35+,36+,37+,38-,39+,40+,41+,42+,43-,44+,45+,46+,47-,48-,49-,50+,51+/m0/s1. The molecule has 6 fully saturated rings. The highest BCUT2D eigenvalue weighted by molar-refractivity contribution is 5.07. The molecule has 6 saturated heterocycles. The fraction of sp³-hybridized carbons (Fsp3) is 0.882. The van der Waals surface area contributed by atoms with Gasteiger partial charge in [-0.05, 0) is 74.1 Å². The monoisotopic (exact) mass is 1150 g/mol. The Bertz CT molecular complexity index is 1950. The van der Waals surface area contributed by atoms with E-state index >= 15 is 0 Å². The maximum absolute atomic E-state index is 11.4. The lowest BCUT2D eigenvalue weighted by atomic mass is 9.96. The summed E-state index contributed by atoms with van der Waals surface area (Å²) in [5.41, 5.74) is 2.69. The van der Waals surface area contributed by atoms with Crippen molar-refractivity contribution >= 4 is 0 Å². The van der Waals surface area contributed by atoms with E-state index in [9.17, 15) is 81.7 Å². The van der Waals surface area contributed by atoms with Gasteiger partial charge in [-0.25, -0.2) is 0 Å². The van der Waals surface area contributed by atoms with Crippen LogP contribution in [0.2, 0.25) is 0 Å². The quantitative estimate of drug-likeness (QED) is 0.0450. The first-order valence-electron chi connectivity index (χ1n) is 26.8. The molecule has 0 aromatic rings. The summed E-state index contributed by atoms with van der Waals surface area (Å²) in [6.45, 7) is 9.98. The van der Waals surface area contributed by atoms with Crippen molar-refractivity contribution < 1.29 is 139 Å². The summed E-state index contributed by atoms with van der Waals surface area (Å²) in [4.78, 5) is 0. The van der Waals surface area contributed by atoms with Crippen molar-refractivity contribution in [1.29, 1.82) is 0 Å². The molecule has 0 radical (unpaired) electrons. The van der Waals surface area contributed by atoms with Gasteiger partial charge >= 0.3 is 0 Å². The van der Waals surface area contributed by atoms with E-state index in [1.165, 1.54) is 27.7 Å². The summed E-state index contributed by atoms with van der Waals surface area (Å²) >= 11 is 0. The third-order valence-electron chi connectivity index (χ3n) is 15.2. The van der Waals surface area contributed by atoms with Gasteiger partial charge in [0, 0.05) is 0 Å². The number of ether oxygens (including phenoxy) is 12. The molecule has 0 amide bonds. The molecule has 0 spiro atoms. The third-order valence-corrected chi connectivity index (χ3v) is 15.2. The van der Waals surface area contributed by atoms with Crippen molar-refractivity contribution in [1.82, 2.24) is 0 Å². The average Bonchev–Trinajstić information content (AvgIpc) is 3.46. The molecule has 79 heavy (non-hydrogen) atoms. The zero-order chi connectivity index (χ0) is 58.3. The van der Waals surface area contributed by atoms with E-state index in [-0.39, 0.29) is 13.2 Å². The molecule has 0 aliphatic carbocycles. The minimum atomic E-state index is -1.81. The largest absolute Gasteiger partial charge is 0.394 e. The molecule has 16 N–H and O–H groups in total. The SMILES string of the molecule is C/C(=C\CC/C(C)=C/CO[C@@H]1O[C@H](CO[C@@H]2O[C@@H](C)[C@H](O)[C@@H](O)[C@H]2O)[C@@H](O)[C@H](O)[C@H]1O[C@@H]1O[C@@H](C)[C@H](O)[C@@H](O)[C@H]1O)CC/C=C(\C)CO[C@@H]1O[C@H](CO)[C@@H](O)[C@H](O[C@@H]2O[C@@H](C)[C@H](O)[C@@H](O)[C@H]2O)[C@H]1O[C@@H]1O[C@@H](C)[C@H](O)[C@@H](O)[C@H]1O. The number of rotatable bonds is 22. The first-order chi connectivity index (χ1) is 37.2. The Balaban J connectivity index is 1.04. The molecule has 6 aliphatic rings. The van der Waals surface area contributed by atoms with Gasteiger partial charge in [0.1, 0.15) is 122 Å². The lowest BCUT2D eigenvalue weighted by Gasteiger charge is -2.48. The maximum Gasteiger partial charge on any atom is 0.187 e. The zero-order valence-corrected chi connectivity index (χ0v) is 45.3. The molecular weight excluding hydrogens is 1060 g/mol. The van der Waals surface area contributed by atoms with Crippen molar-refractivity contribution in [3.05, 3.63) is 34.9 Å². The van der Waals surface area contributed by atoms with Gasteiger partial charge in [-0.15, -0.1) is 0 Å². The van der Waals surface area contributed by atoms with Crippen LogP contribution in [0.3, 0.4) is 0 Å². The first-order valence-corrected chi connectivity index (χ1v) is 26.8. The van der Waals surface area contributed by atoms with Gasteiger partial charge < -0.3 is 139 Å². The highest BCUT2D eigenvalue weighted by Gasteiger charge is 2.55. The molecule has 6 heterocycles. The maximum atomic E-state index is 11.4. The Hall–Kier alpha value is -1.90. The van der Waals surface area contributed by atoms with E-state index < -0.39 is 197 Å². The zero-order valence-electron chi connectivity index (χ0n) is 45.3. The van der Waals surface area contributed by atoms with E-state index in [2.05, 4.69) is 6.08 Å². The second-order valence-corrected chi connectivity index (χ2v) is 21.5. The topological polar surface area (TPSA) is 434 Å². The van der Waals surface area contributed by atoms with Gasteiger partial charge in [-0.2, -0.15) is 0 Å². The van der Waals surface area contributed by atoms with Gasteiger partial charge in [-0.1, -0.05) is 34.9 Å². The third kappa shape index (κ3) is 16.3. The summed E-state index contributed by atoms with van der Waals surface area (Å²) in [5.74, 6) is 0. The molecular formula is C51H86O28. The smallest absolute Gasteiger partial charge is 0.187 e. The highest BCUT2D eigenvalue weighted by Crippen LogP contribution is 2.35. The fourth-order valence-electron chi connectivity index (χ4n) is 9.83. The Morgan fingerprint density at radius 1 is 0.354 bits per heavy atom. The van der Waals surface area contributed by atoms with E-state index in [1.807, 2.05) is 19.9 Å². The summed E-state index contributed by atoms with van der Waals surface area (Å²) in [6.07, 6.45) is -36.9. The summed E-state index contributed by atoms with van der Waals surface area (Å²) in [5, 5.41) is 169. The van der Waals surface area contributed by atoms with Gasteiger partial charge in [0.25, 0.3) is 0 Å². The number of hydrogen-bond donors (Lipinski definition) is 16. The number of aliphatic hydroxyl groups excluding tert-OH is 16. The lowest BCUT2D eigenvalue weighted by molar-refractivity contribution is -0.388. The summed E-state index contributed by atoms with van der Waals surface area (Å²) < 4.78 is 70.0. The second kappa shape index (κ2) is 29.8. The van der Waals surface area contributed by atoms with Crippen LogP contribution in [0.4, 0.5) is 0 Å². The van der Waals surface area contributed by atoms with E-state index in [0.29, 0.717) is 25.7 Å². The second-order valence-electron chi connectivity index (χ2n) is 21.5. The van der Waals surface area contributed by atoms with Crippen molar-refractivity contribution in [2.75, 3.05) is 26.4 Å². The molecule has 0 aromatic carbocycles. The van der Waals surface area contributed by atoms with Crippen LogP contribution in [-0.4, -0.2) is 292 Å². The molecule has 0 bridgehead atoms. The predicted molar refractivity (Wildman–Crippen MR) is 264 cm³/mol. The highest BCUT2D eigenvalue weighted by atomic mass is 16.8. The minimum Gasteiger partial charge on any atom is -0.394 e. The van der Waals surface area contributed by atoms with E-state index in [0.717, 1.165) is 16.7 Å². The van der Waals surface area contributed by atoms with Crippen molar-refractivity contribution in [3.63, 3.8) is 0 Å². The van der Waals surface area contributed by atoms with Gasteiger partial charge in [-0.3, -0.25) is 0 Å². The molecule has 28 heteroatoms. The van der Waals surface area contributed by atoms with Crippen molar-refractivity contribution in [2.24, 2.45) is 0 Å². The first kappa shape index (κ1) is 66.2. The molecule has 6 aliphatic heterocycles. The molecule has 28 nitrogen and oxygen atoms in total. The minimum absolute atomic E-state index is 0.0815. The lowest BCUT2D eigenvalue weighted by Crippen LogP contribution is -2.66. The average molecular weight is 1150 g/mol. The Labute approximate surface area is 457 Å². The molecule has 0 unspecified atom stereocenters. The van der Waals surface area contributed by atoms with Crippen molar-refractivity contribution in [3.8, 4) is 0 Å². The number of aliphatic hydroxyl groups is 16. The van der Waals surface area contributed by atoms with Gasteiger partial charge in [0.05, 0.1) is 50.8 Å². The summed E-state index contributed by atoms with van der Waals surface area (Å²) in [7, 11) is 0. The summed E-state index contributed by atoms with van der Waals surface area (Å²) in [6, 6.07) is 0. The van der Waals surface area contributed by atoms with Crippen LogP contribution in [0.15, 0.2) is 34.9 Å². The fourth-order valence-corrected chi connectivity index (χ4v) is 9.83. The van der Waals surface area contributed by atoms with Crippen LogP contribution in [0.1, 0.15) is 74.1 Å². The van der Waals surface area contributed by atoms with Crippen LogP contribution < -0.4 is 0 Å². The Morgan fingerprint density at radius 2 is 0.747 bits per heavy atom. The number of hydrogen-bond acceptors (Lipinski definition) is 28. The van der Waals surface area contributed by atoms with Crippen LogP contribution in [-0.2, 0) is 56.8 Å². The molecule has 0 saturated carbocycles. The Kier molecular flexibility index (Phi) is 25.0. The predicted octanol–water partition coefficient (Wildman–Crippen LogP) is -5.57. The van der Waals surface area contributed by atoms with Gasteiger partial charge in [0.2, 0.25) is 0 Å². The number of allylic oxidation sites excluding steroid dienone is 4. The van der Waals surface area contributed by atoms with Crippen LogP contribution >= 0.6 is 0 Å². The van der Waals surface area contributed by atoms with E-state index in [1.54, 1.807) is 13.0 Å². The van der Waals surface area contributed by atoms with Crippen LogP contribution in [0.5, 0.6) is 0 Å². The van der Waals surface area contributed by atoms with Crippen molar-refractivity contribution in [2.45, 2.75) is 258 Å². The molecule has 6 rings (SSSR count). The normalized spacial score (nSPS) is 47.8. The van der Waals surface area contributed by atoms with Crippen LogP contribution in [0.25, 0.3) is 0 Å². The molecule has 458 valence electrons. The molecule has 0 aromatic heterocycles.